The van der Waals surface area contributed by atoms with E-state index in [-0.39, 0.29) is 5.56 Å². The van der Waals surface area contributed by atoms with E-state index in [0.717, 1.165) is 17.7 Å². The van der Waals surface area contributed by atoms with Gasteiger partial charge < -0.3 is 4.98 Å². The van der Waals surface area contributed by atoms with Crippen LogP contribution in [0.2, 0.25) is 0 Å². The largest absolute Gasteiger partial charge is 0.327 e. The second-order valence-corrected chi connectivity index (χ2v) is 2.39. The summed E-state index contributed by atoms with van der Waals surface area (Å²) in [6.45, 7) is 3.93. The predicted octanol–water partition coefficient (Wildman–Crippen LogP) is 1.25. The molecule has 0 aromatic carbocycles. The van der Waals surface area contributed by atoms with Gasteiger partial charge >= 0.3 is 0 Å². The molecule has 0 unspecified atom stereocenters. The number of nitrogens with one attached hydrogen (secondary N) is 1. The lowest BCUT2D eigenvalue weighted by Crippen LogP contribution is -2.06. The molecule has 2 nitrogen and oxygen atoms in total. The first-order valence-corrected chi connectivity index (χ1v) is 3.42. The van der Waals surface area contributed by atoms with E-state index in [2.05, 4.69) is 4.98 Å². The third-order valence-electron chi connectivity index (χ3n) is 1.45. The van der Waals surface area contributed by atoms with Gasteiger partial charge in [-0.05, 0) is 25.0 Å². The molecular weight excluding hydrogens is 126 g/mol. The van der Waals surface area contributed by atoms with Crippen LogP contribution in [-0.4, -0.2) is 4.98 Å². The molecule has 0 amide bonds. The fraction of sp³-hybridized carbons (Fsp3) is 0.375. The molecular formula is C8H11NO. The highest BCUT2D eigenvalue weighted by molar-refractivity contribution is 5.14. The molecule has 54 valence electrons. The minimum Gasteiger partial charge on any atom is -0.327 e. The Labute approximate surface area is 59.9 Å². The van der Waals surface area contributed by atoms with Gasteiger partial charge in [-0.15, -0.1) is 0 Å². The number of hydrogen-bond donors (Lipinski definition) is 1. The molecule has 1 aromatic rings. The van der Waals surface area contributed by atoms with Crippen molar-refractivity contribution in [2.24, 2.45) is 0 Å². The minimum atomic E-state index is -0.00292. The van der Waals surface area contributed by atoms with Crippen LogP contribution in [0, 0.1) is 6.92 Å². The molecule has 2 heteroatoms. The maximum Gasteiger partial charge on any atom is 0.248 e. The van der Waals surface area contributed by atoms with E-state index in [4.69, 9.17) is 0 Å². The first-order chi connectivity index (χ1) is 4.72. The molecule has 0 atom stereocenters. The van der Waals surface area contributed by atoms with E-state index in [9.17, 15) is 4.79 Å². The maximum atomic E-state index is 10.8. The zero-order valence-electron chi connectivity index (χ0n) is 6.27. The van der Waals surface area contributed by atoms with E-state index in [1.54, 1.807) is 6.07 Å². The number of pyridine rings is 1. The Kier molecular flexibility index (Phi) is 1.90. The summed E-state index contributed by atoms with van der Waals surface area (Å²) in [4.78, 5) is 13.5. The zero-order valence-corrected chi connectivity index (χ0v) is 6.27. The third kappa shape index (κ3) is 1.47. The smallest absolute Gasteiger partial charge is 0.248 e. The van der Waals surface area contributed by atoms with Crippen LogP contribution in [0.25, 0.3) is 0 Å². The second kappa shape index (κ2) is 2.69. The minimum absolute atomic E-state index is 0.00292. The Morgan fingerprint density at radius 3 is 2.70 bits per heavy atom. The van der Waals surface area contributed by atoms with E-state index < -0.39 is 0 Å². The van der Waals surface area contributed by atoms with Crippen molar-refractivity contribution in [2.75, 3.05) is 0 Å². The van der Waals surface area contributed by atoms with E-state index in [1.807, 2.05) is 19.9 Å². The average Bonchev–Trinajstić information content (AvgIpc) is 1.85. The third-order valence-corrected chi connectivity index (χ3v) is 1.45. The van der Waals surface area contributed by atoms with Crippen LogP contribution in [-0.2, 0) is 6.42 Å². The SMILES string of the molecule is CCc1cc(C)[nH]c(=O)c1. The van der Waals surface area contributed by atoms with Crippen molar-refractivity contribution < 1.29 is 0 Å². The standard InChI is InChI=1S/C8H11NO/c1-3-7-4-6(2)9-8(10)5-7/h4-5H,3H2,1-2H3,(H,9,10). The molecule has 1 N–H and O–H groups in total. The van der Waals surface area contributed by atoms with Gasteiger partial charge in [0.15, 0.2) is 0 Å². The number of aromatic amines is 1. The fourth-order valence-corrected chi connectivity index (χ4v) is 0.959. The Morgan fingerprint density at radius 1 is 1.50 bits per heavy atom. The average molecular weight is 137 g/mol. The van der Waals surface area contributed by atoms with Gasteiger partial charge in [0.05, 0.1) is 0 Å². The Hall–Kier alpha value is -1.05. The highest BCUT2D eigenvalue weighted by Crippen LogP contribution is 1.96. The lowest BCUT2D eigenvalue weighted by atomic mass is 10.2. The monoisotopic (exact) mass is 137 g/mol. The van der Waals surface area contributed by atoms with E-state index in [1.165, 1.54) is 0 Å². The van der Waals surface area contributed by atoms with Crippen molar-refractivity contribution in [3.05, 3.63) is 33.7 Å². The highest BCUT2D eigenvalue weighted by Gasteiger charge is 1.91. The van der Waals surface area contributed by atoms with Gasteiger partial charge in [-0.3, -0.25) is 4.79 Å². The molecule has 0 aliphatic carbocycles. The van der Waals surface area contributed by atoms with Gasteiger partial charge in [0, 0.05) is 11.8 Å². The summed E-state index contributed by atoms with van der Waals surface area (Å²) >= 11 is 0. The number of aromatic nitrogens is 1. The molecule has 0 aliphatic rings. The van der Waals surface area contributed by atoms with Crippen LogP contribution in [0.5, 0.6) is 0 Å². The summed E-state index contributed by atoms with van der Waals surface area (Å²) in [6.07, 6.45) is 0.921. The van der Waals surface area contributed by atoms with Gasteiger partial charge in [-0.1, -0.05) is 6.92 Å². The molecule has 0 spiro atoms. The van der Waals surface area contributed by atoms with Crippen LogP contribution in [0.3, 0.4) is 0 Å². The van der Waals surface area contributed by atoms with E-state index >= 15 is 0 Å². The van der Waals surface area contributed by atoms with Crippen molar-refractivity contribution in [3.63, 3.8) is 0 Å². The summed E-state index contributed by atoms with van der Waals surface area (Å²) < 4.78 is 0. The Morgan fingerprint density at radius 2 is 2.20 bits per heavy atom. The molecule has 0 aliphatic heterocycles. The van der Waals surface area contributed by atoms with Crippen molar-refractivity contribution >= 4 is 0 Å². The first-order valence-electron chi connectivity index (χ1n) is 3.42. The lowest BCUT2D eigenvalue weighted by molar-refractivity contribution is 1.06. The molecule has 1 rings (SSSR count). The van der Waals surface area contributed by atoms with E-state index in [0.29, 0.717) is 0 Å². The topological polar surface area (TPSA) is 32.9 Å². The summed E-state index contributed by atoms with van der Waals surface area (Å²) in [5, 5.41) is 0. The van der Waals surface area contributed by atoms with Crippen molar-refractivity contribution in [2.45, 2.75) is 20.3 Å². The number of H-pyrrole nitrogens is 1. The molecule has 0 saturated carbocycles. The van der Waals surface area contributed by atoms with Crippen LogP contribution in [0.1, 0.15) is 18.2 Å². The number of aryl methyl sites for hydroxylation is 2. The molecule has 1 aromatic heterocycles. The van der Waals surface area contributed by atoms with Crippen LogP contribution in [0.15, 0.2) is 16.9 Å². The number of rotatable bonds is 1. The highest BCUT2D eigenvalue weighted by atomic mass is 16.1. The zero-order chi connectivity index (χ0) is 7.56. The predicted molar refractivity (Wildman–Crippen MR) is 41.2 cm³/mol. The van der Waals surface area contributed by atoms with Crippen LogP contribution < -0.4 is 5.56 Å². The van der Waals surface area contributed by atoms with Crippen molar-refractivity contribution in [1.29, 1.82) is 0 Å². The summed E-state index contributed by atoms with van der Waals surface area (Å²) in [7, 11) is 0. The summed E-state index contributed by atoms with van der Waals surface area (Å²) in [5.74, 6) is 0. The maximum absolute atomic E-state index is 10.8. The summed E-state index contributed by atoms with van der Waals surface area (Å²) in [5.41, 5.74) is 2.03. The molecule has 10 heavy (non-hydrogen) atoms. The Balaban J connectivity index is 3.19. The second-order valence-electron chi connectivity index (χ2n) is 2.39. The first kappa shape index (κ1) is 7.06. The molecule has 0 bridgehead atoms. The van der Waals surface area contributed by atoms with Gasteiger partial charge in [-0.25, -0.2) is 0 Å². The quantitative estimate of drug-likeness (QED) is 0.620. The molecule has 0 radical (unpaired) electrons. The molecule has 1 heterocycles. The fourth-order valence-electron chi connectivity index (χ4n) is 0.959. The van der Waals surface area contributed by atoms with Gasteiger partial charge in [-0.2, -0.15) is 0 Å². The Bertz CT molecular complexity index is 275. The van der Waals surface area contributed by atoms with Gasteiger partial charge in [0.2, 0.25) is 5.56 Å². The van der Waals surface area contributed by atoms with Crippen LogP contribution >= 0.6 is 0 Å². The lowest BCUT2D eigenvalue weighted by Gasteiger charge is -1.95. The normalized spacial score (nSPS) is 9.80. The van der Waals surface area contributed by atoms with Gasteiger partial charge in [0.1, 0.15) is 0 Å². The van der Waals surface area contributed by atoms with Gasteiger partial charge in [0.25, 0.3) is 0 Å². The van der Waals surface area contributed by atoms with Crippen molar-refractivity contribution in [1.82, 2.24) is 4.98 Å². The molecule has 0 saturated heterocycles. The summed E-state index contributed by atoms with van der Waals surface area (Å²) in [6, 6.07) is 3.62. The molecule has 0 fully saturated rings. The number of hydrogen-bond acceptors (Lipinski definition) is 1. The van der Waals surface area contributed by atoms with Crippen LogP contribution in [0.4, 0.5) is 0 Å². The van der Waals surface area contributed by atoms with Crippen molar-refractivity contribution in [3.8, 4) is 0 Å².